The van der Waals surface area contributed by atoms with E-state index in [9.17, 15) is 14.4 Å². The number of anilines is 1. The number of hydrogen-bond donors (Lipinski definition) is 2. The highest BCUT2D eigenvalue weighted by Crippen LogP contribution is 2.17. The second-order valence-corrected chi connectivity index (χ2v) is 7.17. The maximum Gasteiger partial charge on any atom is 0.308 e. The van der Waals surface area contributed by atoms with Crippen LogP contribution in [0.4, 0.5) is 5.69 Å². The molecule has 6 heteroatoms. The number of carbonyl (C=O) groups is 3. The molecule has 0 radical (unpaired) electrons. The highest BCUT2D eigenvalue weighted by molar-refractivity contribution is 5.95. The zero-order valence-corrected chi connectivity index (χ0v) is 17.5. The van der Waals surface area contributed by atoms with Gasteiger partial charge in [-0.25, -0.2) is 0 Å². The summed E-state index contributed by atoms with van der Waals surface area (Å²) in [7, 11) is 0. The van der Waals surface area contributed by atoms with Gasteiger partial charge in [0, 0.05) is 24.7 Å². The third-order valence-electron chi connectivity index (χ3n) is 4.57. The lowest BCUT2D eigenvalue weighted by atomic mass is 10.1. The first kappa shape index (κ1) is 21.8. The van der Waals surface area contributed by atoms with Gasteiger partial charge in [0.05, 0.1) is 6.42 Å². The van der Waals surface area contributed by atoms with Crippen LogP contribution in [-0.4, -0.2) is 17.8 Å². The van der Waals surface area contributed by atoms with Crippen molar-refractivity contribution in [3.8, 4) is 5.75 Å². The molecule has 3 aromatic rings. The fraction of sp³-hybridized carbons (Fsp3) is 0.160. The maximum atomic E-state index is 12.5. The minimum Gasteiger partial charge on any atom is -0.427 e. The largest absolute Gasteiger partial charge is 0.427 e. The predicted molar refractivity (Wildman–Crippen MR) is 119 cm³/mol. The summed E-state index contributed by atoms with van der Waals surface area (Å²) in [4.78, 5) is 36.1. The molecule has 158 valence electrons. The summed E-state index contributed by atoms with van der Waals surface area (Å²) in [6.07, 6.45) is 0.268. The van der Waals surface area contributed by atoms with Crippen molar-refractivity contribution in [2.75, 3.05) is 5.32 Å². The Bertz CT molecular complexity index is 1090. The van der Waals surface area contributed by atoms with Crippen molar-refractivity contribution in [3.63, 3.8) is 0 Å². The SMILES string of the molecule is CC(=O)Oc1cccc(C(=O)NCc2ccccc2NC(=O)Cc2ccc(C)cc2)c1. The van der Waals surface area contributed by atoms with Crippen LogP contribution in [0.5, 0.6) is 5.75 Å². The number of carbonyl (C=O) groups excluding carboxylic acids is 3. The summed E-state index contributed by atoms with van der Waals surface area (Å²) in [5.74, 6) is -0.580. The summed E-state index contributed by atoms with van der Waals surface area (Å²) in [6.45, 7) is 3.54. The number of esters is 1. The van der Waals surface area contributed by atoms with Crippen molar-refractivity contribution in [3.05, 3.63) is 95.1 Å². The van der Waals surface area contributed by atoms with Crippen LogP contribution in [-0.2, 0) is 22.6 Å². The van der Waals surface area contributed by atoms with Crippen molar-refractivity contribution < 1.29 is 19.1 Å². The molecule has 0 aromatic heterocycles. The van der Waals surface area contributed by atoms with Crippen molar-refractivity contribution in [1.29, 1.82) is 0 Å². The van der Waals surface area contributed by atoms with Crippen molar-refractivity contribution in [1.82, 2.24) is 5.32 Å². The molecule has 0 heterocycles. The van der Waals surface area contributed by atoms with Crippen LogP contribution in [0.1, 0.15) is 34.0 Å². The van der Waals surface area contributed by atoms with E-state index in [-0.39, 0.29) is 24.8 Å². The average molecular weight is 416 g/mol. The number of amides is 2. The molecule has 2 amide bonds. The first-order valence-corrected chi connectivity index (χ1v) is 9.90. The van der Waals surface area contributed by atoms with Gasteiger partial charge in [0.2, 0.25) is 5.91 Å². The summed E-state index contributed by atoms with van der Waals surface area (Å²) in [6, 6.07) is 21.5. The van der Waals surface area contributed by atoms with Gasteiger partial charge in [0.1, 0.15) is 5.75 Å². The Morgan fingerprint density at radius 2 is 1.65 bits per heavy atom. The maximum absolute atomic E-state index is 12.5. The van der Waals surface area contributed by atoms with E-state index in [4.69, 9.17) is 4.74 Å². The highest BCUT2D eigenvalue weighted by atomic mass is 16.5. The van der Waals surface area contributed by atoms with E-state index in [0.717, 1.165) is 16.7 Å². The van der Waals surface area contributed by atoms with Crippen LogP contribution >= 0.6 is 0 Å². The van der Waals surface area contributed by atoms with Crippen LogP contribution in [0.25, 0.3) is 0 Å². The molecule has 6 nitrogen and oxygen atoms in total. The lowest BCUT2D eigenvalue weighted by molar-refractivity contribution is -0.131. The van der Waals surface area contributed by atoms with Gasteiger partial charge in [-0.1, -0.05) is 54.1 Å². The van der Waals surface area contributed by atoms with Crippen LogP contribution < -0.4 is 15.4 Å². The van der Waals surface area contributed by atoms with Crippen LogP contribution in [0.15, 0.2) is 72.8 Å². The molecule has 0 unspecified atom stereocenters. The van der Waals surface area contributed by atoms with Gasteiger partial charge >= 0.3 is 5.97 Å². The zero-order chi connectivity index (χ0) is 22.2. The van der Waals surface area contributed by atoms with Gasteiger partial charge in [-0.15, -0.1) is 0 Å². The lowest BCUT2D eigenvalue weighted by Gasteiger charge is -2.12. The van der Waals surface area contributed by atoms with Crippen molar-refractivity contribution in [2.24, 2.45) is 0 Å². The molecular weight excluding hydrogens is 392 g/mol. The molecule has 31 heavy (non-hydrogen) atoms. The molecule has 3 rings (SSSR count). The Morgan fingerprint density at radius 1 is 0.903 bits per heavy atom. The number of nitrogens with one attached hydrogen (secondary N) is 2. The number of rotatable bonds is 7. The smallest absolute Gasteiger partial charge is 0.308 e. The van der Waals surface area contributed by atoms with Gasteiger partial charge < -0.3 is 15.4 Å². The average Bonchev–Trinajstić information content (AvgIpc) is 2.74. The Kier molecular flexibility index (Phi) is 7.17. The summed E-state index contributed by atoms with van der Waals surface area (Å²) >= 11 is 0. The molecular formula is C25H24N2O4. The first-order valence-electron chi connectivity index (χ1n) is 9.90. The van der Waals surface area contributed by atoms with E-state index in [1.54, 1.807) is 24.3 Å². The van der Waals surface area contributed by atoms with E-state index in [1.165, 1.54) is 13.0 Å². The molecule has 2 N–H and O–H groups in total. The van der Waals surface area contributed by atoms with E-state index in [2.05, 4.69) is 10.6 Å². The van der Waals surface area contributed by atoms with Gasteiger partial charge in [0.15, 0.2) is 0 Å². The highest BCUT2D eigenvalue weighted by Gasteiger charge is 2.11. The number of benzene rings is 3. The normalized spacial score (nSPS) is 10.3. The number of para-hydroxylation sites is 1. The Hall–Kier alpha value is -3.93. The van der Waals surface area contributed by atoms with E-state index in [1.807, 2.05) is 49.4 Å². The molecule has 0 saturated carbocycles. The van der Waals surface area contributed by atoms with E-state index >= 15 is 0 Å². The van der Waals surface area contributed by atoms with Gasteiger partial charge in [-0.2, -0.15) is 0 Å². The molecule has 0 bridgehead atoms. The van der Waals surface area contributed by atoms with Crippen LogP contribution in [0.2, 0.25) is 0 Å². The topological polar surface area (TPSA) is 84.5 Å². The monoisotopic (exact) mass is 416 g/mol. The van der Waals surface area contributed by atoms with Gasteiger partial charge in [-0.05, 0) is 42.3 Å². The van der Waals surface area contributed by atoms with Crippen LogP contribution in [0, 0.1) is 6.92 Å². The third-order valence-corrected chi connectivity index (χ3v) is 4.57. The minimum atomic E-state index is -0.451. The second-order valence-electron chi connectivity index (χ2n) is 7.17. The zero-order valence-electron chi connectivity index (χ0n) is 17.5. The predicted octanol–water partition coefficient (Wildman–Crippen LogP) is 4.03. The van der Waals surface area contributed by atoms with Crippen LogP contribution in [0.3, 0.4) is 0 Å². The third kappa shape index (κ3) is 6.54. The van der Waals surface area contributed by atoms with Crippen molar-refractivity contribution >= 4 is 23.5 Å². The summed E-state index contributed by atoms with van der Waals surface area (Å²) < 4.78 is 5.02. The van der Waals surface area contributed by atoms with Gasteiger partial charge in [0.25, 0.3) is 5.91 Å². The van der Waals surface area contributed by atoms with Gasteiger partial charge in [-0.3, -0.25) is 14.4 Å². The van der Waals surface area contributed by atoms with E-state index < -0.39 is 5.97 Å². The number of aryl methyl sites for hydroxylation is 1. The molecule has 0 saturated heterocycles. The second kappa shape index (κ2) is 10.2. The molecule has 0 spiro atoms. The molecule has 0 fully saturated rings. The molecule has 0 aliphatic rings. The Labute approximate surface area is 181 Å². The number of hydrogen-bond acceptors (Lipinski definition) is 4. The Balaban J connectivity index is 1.62. The molecule has 0 atom stereocenters. The van der Waals surface area contributed by atoms with E-state index in [0.29, 0.717) is 17.0 Å². The fourth-order valence-corrected chi connectivity index (χ4v) is 3.03. The fourth-order valence-electron chi connectivity index (χ4n) is 3.03. The first-order chi connectivity index (χ1) is 14.9. The molecule has 0 aliphatic carbocycles. The summed E-state index contributed by atoms with van der Waals surface area (Å²) in [5.41, 5.74) is 3.88. The lowest BCUT2D eigenvalue weighted by Crippen LogP contribution is -2.24. The summed E-state index contributed by atoms with van der Waals surface area (Å²) in [5, 5.41) is 5.75. The minimum absolute atomic E-state index is 0.128. The quantitative estimate of drug-likeness (QED) is 0.450. The molecule has 3 aromatic carbocycles. The molecule has 0 aliphatic heterocycles. The Morgan fingerprint density at radius 3 is 2.39 bits per heavy atom. The standard InChI is InChI=1S/C25H24N2O4/c1-17-10-12-19(13-11-17)14-24(29)27-23-9-4-3-6-21(23)16-26-25(30)20-7-5-8-22(15-20)31-18(2)28/h3-13,15H,14,16H2,1-2H3,(H,26,30)(H,27,29). The van der Waals surface area contributed by atoms with Crippen molar-refractivity contribution in [2.45, 2.75) is 26.8 Å². The number of ether oxygens (including phenoxy) is 1.